The number of nitrogens with one attached hydrogen (secondary N) is 2. The van der Waals surface area contributed by atoms with Gasteiger partial charge in [-0.2, -0.15) is 5.10 Å². The Balaban J connectivity index is 1.72. The van der Waals surface area contributed by atoms with Crippen LogP contribution in [0.4, 0.5) is 10.5 Å². The molecule has 0 saturated heterocycles. The molecule has 0 spiro atoms. The van der Waals surface area contributed by atoms with Crippen molar-refractivity contribution < 1.29 is 9.53 Å². The van der Waals surface area contributed by atoms with E-state index in [-0.39, 0.29) is 0 Å². The number of anilines is 1. The summed E-state index contributed by atoms with van der Waals surface area (Å²) in [5.41, 5.74) is 1.52. The van der Waals surface area contributed by atoms with Crippen LogP contribution in [0.5, 0.6) is 0 Å². The van der Waals surface area contributed by atoms with Crippen LogP contribution >= 0.6 is 0 Å². The fourth-order valence-corrected chi connectivity index (χ4v) is 1.84. The van der Waals surface area contributed by atoms with Gasteiger partial charge in [-0.25, -0.2) is 9.48 Å². The number of ether oxygens (including phenoxy) is 1. The van der Waals surface area contributed by atoms with Crippen molar-refractivity contribution in [2.24, 2.45) is 0 Å². The van der Waals surface area contributed by atoms with Crippen molar-refractivity contribution in [1.29, 1.82) is 0 Å². The first-order chi connectivity index (χ1) is 10.4. The molecule has 6 nitrogen and oxygen atoms in total. The Morgan fingerprint density at radius 3 is 2.55 bits per heavy atom. The average Bonchev–Trinajstić information content (AvgIpc) is 2.96. The van der Waals surface area contributed by atoms with Gasteiger partial charge in [0.05, 0.1) is 5.69 Å². The van der Waals surface area contributed by atoms with Crippen molar-refractivity contribution in [3.05, 3.63) is 42.7 Å². The van der Waals surface area contributed by atoms with E-state index in [1.54, 1.807) is 10.9 Å². The van der Waals surface area contributed by atoms with Gasteiger partial charge in [-0.15, -0.1) is 0 Å². The lowest BCUT2D eigenvalue weighted by molar-refractivity contribution is 0.0530. The van der Waals surface area contributed by atoms with E-state index >= 15 is 0 Å². The lowest BCUT2D eigenvalue weighted by atomic mass is 10.2. The van der Waals surface area contributed by atoms with E-state index in [1.165, 1.54) is 0 Å². The quantitative estimate of drug-likeness (QED) is 0.833. The predicted octanol–water partition coefficient (Wildman–Crippen LogP) is 2.81. The van der Waals surface area contributed by atoms with E-state index in [9.17, 15) is 4.79 Å². The number of carbonyl (C=O) groups is 1. The summed E-state index contributed by atoms with van der Waals surface area (Å²) < 4.78 is 6.96. The van der Waals surface area contributed by atoms with Crippen LogP contribution in [0.15, 0.2) is 42.7 Å². The molecule has 6 heteroatoms. The molecule has 0 unspecified atom stereocenters. The van der Waals surface area contributed by atoms with E-state index in [1.807, 2.05) is 57.3 Å². The molecule has 2 N–H and O–H groups in total. The van der Waals surface area contributed by atoms with Crippen LogP contribution in [0.2, 0.25) is 0 Å². The van der Waals surface area contributed by atoms with Crippen LogP contribution in [-0.4, -0.2) is 34.6 Å². The highest BCUT2D eigenvalue weighted by molar-refractivity contribution is 5.67. The molecule has 2 rings (SSSR count). The minimum atomic E-state index is -0.472. The van der Waals surface area contributed by atoms with Gasteiger partial charge in [-0.1, -0.05) is 0 Å². The van der Waals surface area contributed by atoms with Crippen LogP contribution in [0.25, 0.3) is 5.69 Å². The Morgan fingerprint density at radius 2 is 1.95 bits per heavy atom. The molecule has 1 aromatic heterocycles. The van der Waals surface area contributed by atoms with E-state index in [4.69, 9.17) is 4.74 Å². The number of amides is 1. The van der Waals surface area contributed by atoms with Crippen molar-refractivity contribution in [1.82, 2.24) is 15.1 Å². The van der Waals surface area contributed by atoms with Gasteiger partial charge in [0, 0.05) is 31.2 Å². The van der Waals surface area contributed by atoms with Crippen LogP contribution in [-0.2, 0) is 4.74 Å². The number of alkyl carbamates (subject to hydrolysis) is 1. The van der Waals surface area contributed by atoms with E-state index in [0.717, 1.165) is 11.4 Å². The molecule has 0 atom stereocenters. The second-order valence-corrected chi connectivity index (χ2v) is 5.85. The van der Waals surface area contributed by atoms with Gasteiger partial charge in [0.15, 0.2) is 0 Å². The summed E-state index contributed by atoms with van der Waals surface area (Å²) in [6, 6.07) is 9.80. The van der Waals surface area contributed by atoms with Gasteiger partial charge in [0.25, 0.3) is 0 Å². The standard InChI is InChI=1S/C16H22N4O2/c1-16(2,3)22-15(21)18-11-10-17-13-5-7-14(8-6-13)20-12-4-9-19-20/h4-9,12,17H,10-11H2,1-3H3,(H,18,21). The zero-order valence-corrected chi connectivity index (χ0v) is 13.2. The van der Waals surface area contributed by atoms with E-state index in [2.05, 4.69) is 15.7 Å². The SMILES string of the molecule is CC(C)(C)OC(=O)NCCNc1ccc(-n2cccn2)cc1. The molecule has 1 heterocycles. The second kappa shape index (κ2) is 6.98. The van der Waals surface area contributed by atoms with Crippen molar-refractivity contribution in [2.75, 3.05) is 18.4 Å². The van der Waals surface area contributed by atoms with Crippen LogP contribution < -0.4 is 10.6 Å². The Labute approximate surface area is 130 Å². The van der Waals surface area contributed by atoms with Gasteiger partial charge in [-0.05, 0) is 51.1 Å². The Morgan fingerprint density at radius 1 is 1.23 bits per heavy atom. The third kappa shape index (κ3) is 5.12. The summed E-state index contributed by atoms with van der Waals surface area (Å²) in [6.45, 7) is 6.64. The van der Waals surface area contributed by atoms with Gasteiger partial charge in [-0.3, -0.25) is 0 Å². The third-order valence-corrected chi connectivity index (χ3v) is 2.76. The lowest BCUT2D eigenvalue weighted by Crippen LogP contribution is -2.34. The summed E-state index contributed by atoms with van der Waals surface area (Å²) >= 11 is 0. The van der Waals surface area contributed by atoms with Gasteiger partial charge in [0.1, 0.15) is 5.60 Å². The van der Waals surface area contributed by atoms with Gasteiger partial charge in [0.2, 0.25) is 0 Å². The zero-order chi connectivity index (χ0) is 16.0. The Kier molecular flexibility index (Phi) is 5.04. The van der Waals surface area contributed by atoms with Crippen LogP contribution in [0, 0.1) is 0 Å². The predicted molar refractivity (Wildman–Crippen MR) is 86.3 cm³/mol. The smallest absolute Gasteiger partial charge is 0.407 e. The van der Waals surface area contributed by atoms with Gasteiger partial charge >= 0.3 is 6.09 Å². The van der Waals surface area contributed by atoms with Gasteiger partial charge < -0.3 is 15.4 Å². The highest BCUT2D eigenvalue weighted by atomic mass is 16.6. The van der Waals surface area contributed by atoms with Crippen molar-refractivity contribution in [3.63, 3.8) is 0 Å². The number of benzene rings is 1. The molecule has 0 fully saturated rings. The molecule has 0 aliphatic rings. The largest absolute Gasteiger partial charge is 0.444 e. The summed E-state index contributed by atoms with van der Waals surface area (Å²) in [5, 5.41) is 10.1. The molecule has 0 bridgehead atoms. The minimum absolute atomic E-state index is 0.400. The second-order valence-electron chi connectivity index (χ2n) is 5.85. The molecule has 0 radical (unpaired) electrons. The summed E-state index contributed by atoms with van der Waals surface area (Å²) in [5.74, 6) is 0. The highest BCUT2D eigenvalue weighted by Gasteiger charge is 2.15. The van der Waals surface area contributed by atoms with E-state index in [0.29, 0.717) is 13.1 Å². The first kappa shape index (κ1) is 15.9. The zero-order valence-electron chi connectivity index (χ0n) is 13.2. The molecule has 1 aromatic carbocycles. The third-order valence-electron chi connectivity index (χ3n) is 2.76. The van der Waals surface area contributed by atoms with E-state index < -0.39 is 11.7 Å². The molecule has 0 saturated carbocycles. The first-order valence-electron chi connectivity index (χ1n) is 7.25. The minimum Gasteiger partial charge on any atom is -0.444 e. The molecule has 22 heavy (non-hydrogen) atoms. The normalized spacial score (nSPS) is 11.0. The maximum Gasteiger partial charge on any atom is 0.407 e. The molecular formula is C16H22N4O2. The monoisotopic (exact) mass is 302 g/mol. The summed E-state index contributed by atoms with van der Waals surface area (Å²) in [6.07, 6.45) is 3.24. The molecule has 0 aliphatic carbocycles. The fraction of sp³-hybridized carbons (Fsp3) is 0.375. The topological polar surface area (TPSA) is 68.2 Å². The Bertz CT molecular complexity index is 586. The van der Waals surface area contributed by atoms with Crippen molar-refractivity contribution in [2.45, 2.75) is 26.4 Å². The number of hydrogen-bond acceptors (Lipinski definition) is 4. The highest BCUT2D eigenvalue weighted by Crippen LogP contribution is 2.12. The Hall–Kier alpha value is -2.50. The van der Waals surface area contributed by atoms with Crippen molar-refractivity contribution >= 4 is 11.8 Å². The number of nitrogens with zero attached hydrogens (tertiary/aromatic N) is 2. The molecule has 1 amide bonds. The fourth-order valence-electron chi connectivity index (χ4n) is 1.84. The average molecular weight is 302 g/mol. The maximum atomic E-state index is 11.5. The van der Waals surface area contributed by atoms with Crippen molar-refractivity contribution in [3.8, 4) is 5.69 Å². The number of aromatic nitrogens is 2. The lowest BCUT2D eigenvalue weighted by Gasteiger charge is -2.19. The molecular weight excluding hydrogens is 280 g/mol. The molecule has 2 aromatic rings. The summed E-state index contributed by atoms with van der Waals surface area (Å²) in [7, 11) is 0. The maximum absolute atomic E-state index is 11.5. The summed E-state index contributed by atoms with van der Waals surface area (Å²) in [4.78, 5) is 11.5. The number of hydrogen-bond donors (Lipinski definition) is 2. The number of rotatable bonds is 5. The first-order valence-corrected chi connectivity index (χ1v) is 7.25. The van der Waals surface area contributed by atoms with Crippen LogP contribution in [0.3, 0.4) is 0 Å². The molecule has 118 valence electrons. The molecule has 0 aliphatic heterocycles. The number of carbonyl (C=O) groups excluding carboxylic acids is 1. The van der Waals surface area contributed by atoms with Crippen LogP contribution in [0.1, 0.15) is 20.8 Å².